The largest absolute Gasteiger partial charge is 0.381 e. The summed E-state index contributed by atoms with van der Waals surface area (Å²) >= 11 is 0. The second-order valence-electron chi connectivity index (χ2n) is 8.59. The lowest BCUT2D eigenvalue weighted by Gasteiger charge is -2.16. The molecule has 5 heteroatoms. The van der Waals surface area contributed by atoms with Crippen LogP contribution in [0.5, 0.6) is 0 Å². The molecule has 32 heavy (non-hydrogen) atoms. The van der Waals surface area contributed by atoms with Gasteiger partial charge >= 0.3 is 0 Å². The lowest BCUT2D eigenvalue weighted by molar-refractivity contribution is -0.137. The number of hydrogen-bond donors (Lipinski definition) is 1. The summed E-state index contributed by atoms with van der Waals surface area (Å²) in [5, 5.41) is 3.29. The third-order valence-electron chi connectivity index (χ3n) is 5.77. The number of rotatable bonds is 10. The standard InChI is InChI=1S/C27H34N2O3/c1-6-7-14-32-15-8-13-29-26(30)24(22-11-9-18(2)16-20(22)4)25(27(29)31)28-23-12-10-19(3)17-21(23)5/h9-12,16-17,28H,6-8,13-15H2,1-5H3. The number of ether oxygens (including phenoxy) is 1. The number of anilines is 1. The van der Waals surface area contributed by atoms with Gasteiger partial charge in [-0.2, -0.15) is 0 Å². The van der Waals surface area contributed by atoms with Crippen LogP contribution in [0.25, 0.3) is 5.57 Å². The average molecular weight is 435 g/mol. The van der Waals surface area contributed by atoms with Crippen molar-refractivity contribution in [3.8, 4) is 0 Å². The van der Waals surface area contributed by atoms with Crippen molar-refractivity contribution in [1.29, 1.82) is 0 Å². The van der Waals surface area contributed by atoms with Crippen molar-refractivity contribution in [2.75, 3.05) is 25.1 Å². The molecule has 1 N–H and O–H groups in total. The van der Waals surface area contributed by atoms with Gasteiger partial charge in [-0.15, -0.1) is 0 Å². The van der Waals surface area contributed by atoms with Crippen LogP contribution < -0.4 is 5.32 Å². The van der Waals surface area contributed by atoms with Crippen molar-refractivity contribution < 1.29 is 14.3 Å². The Hall–Kier alpha value is -2.92. The van der Waals surface area contributed by atoms with Gasteiger partial charge in [0, 0.05) is 25.4 Å². The summed E-state index contributed by atoms with van der Waals surface area (Å²) in [6, 6.07) is 12.0. The number of nitrogens with zero attached hydrogens (tertiary/aromatic N) is 1. The van der Waals surface area contributed by atoms with Gasteiger partial charge in [0.25, 0.3) is 11.8 Å². The topological polar surface area (TPSA) is 58.6 Å². The lowest BCUT2D eigenvalue weighted by atomic mass is 9.97. The van der Waals surface area contributed by atoms with Crippen LogP contribution in [0, 0.1) is 27.7 Å². The van der Waals surface area contributed by atoms with E-state index in [1.807, 2.05) is 58.0 Å². The van der Waals surface area contributed by atoms with E-state index in [-0.39, 0.29) is 11.8 Å². The van der Waals surface area contributed by atoms with Crippen molar-refractivity contribution >= 4 is 23.1 Å². The molecule has 1 aliphatic rings. The van der Waals surface area contributed by atoms with Crippen LogP contribution in [0.3, 0.4) is 0 Å². The number of benzene rings is 2. The number of amides is 2. The third-order valence-corrected chi connectivity index (χ3v) is 5.77. The molecule has 2 amide bonds. The second kappa shape index (κ2) is 10.6. The third kappa shape index (κ3) is 5.28. The highest BCUT2D eigenvalue weighted by Crippen LogP contribution is 2.33. The maximum atomic E-state index is 13.4. The molecule has 0 unspecified atom stereocenters. The molecule has 0 saturated carbocycles. The van der Waals surface area contributed by atoms with Gasteiger partial charge < -0.3 is 10.1 Å². The van der Waals surface area contributed by atoms with E-state index < -0.39 is 0 Å². The summed E-state index contributed by atoms with van der Waals surface area (Å²) < 4.78 is 5.62. The molecule has 0 bridgehead atoms. The Balaban J connectivity index is 1.90. The molecule has 0 aromatic heterocycles. The summed E-state index contributed by atoms with van der Waals surface area (Å²) in [6.45, 7) is 11.7. The Bertz CT molecular complexity index is 1040. The van der Waals surface area contributed by atoms with E-state index in [1.54, 1.807) is 0 Å². The molecular formula is C27H34N2O3. The van der Waals surface area contributed by atoms with Gasteiger partial charge in [-0.25, -0.2) is 0 Å². The van der Waals surface area contributed by atoms with Gasteiger partial charge in [-0.1, -0.05) is 54.8 Å². The van der Waals surface area contributed by atoms with E-state index in [9.17, 15) is 9.59 Å². The van der Waals surface area contributed by atoms with E-state index in [0.717, 1.165) is 46.3 Å². The summed E-state index contributed by atoms with van der Waals surface area (Å²) in [7, 11) is 0. The first-order valence-corrected chi connectivity index (χ1v) is 11.4. The minimum atomic E-state index is -0.279. The highest BCUT2D eigenvalue weighted by molar-refractivity contribution is 6.36. The molecule has 0 spiro atoms. The average Bonchev–Trinajstić information content (AvgIpc) is 2.96. The summed E-state index contributed by atoms with van der Waals surface area (Å²) in [5.41, 5.74) is 6.69. The van der Waals surface area contributed by atoms with Crippen LogP contribution in [0.4, 0.5) is 5.69 Å². The van der Waals surface area contributed by atoms with Gasteiger partial charge in [-0.05, 0) is 63.3 Å². The molecular weight excluding hydrogens is 400 g/mol. The predicted molar refractivity (Wildman–Crippen MR) is 129 cm³/mol. The molecule has 2 aromatic rings. The normalized spacial score (nSPS) is 14.0. The van der Waals surface area contributed by atoms with Gasteiger partial charge in [0.15, 0.2) is 0 Å². The molecule has 0 radical (unpaired) electrons. The minimum absolute atomic E-state index is 0.247. The Morgan fingerprint density at radius 2 is 1.50 bits per heavy atom. The fourth-order valence-electron chi connectivity index (χ4n) is 4.00. The van der Waals surface area contributed by atoms with Crippen LogP contribution in [-0.4, -0.2) is 36.5 Å². The second-order valence-corrected chi connectivity index (χ2v) is 8.59. The minimum Gasteiger partial charge on any atom is -0.381 e. The Morgan fingerprint density at radius 1 is 0.844 bits per heavy atom. The summed E-state index contributed by atoms with van der Waals surface area (Å²) in [5.74, 6) is -0.527. The number of carbonyl (C=O) groups is 2. The van der Waals surface area contributed by atoms with Crippen molar-refractivity contribution in [1.82, 2.24) is 4.90 Å². The SMILES string of the molecule is CCCCOCCCN1C(=O)C(Nc2ccc(C)cc2C)=C(c2ccc(C)cc2C)C1=O. The van der Waals surface area contributed by atoms with Crippen LogP contribution in [0.2, 0.25) is 0 Å². The molecule has 1 heterocycles. The van der Waals surface area contributed by atoms with Crippen molar-refractivity contribution in [3.63, 3.8) is 0 Å². The Morgan fingerprint density at radius 3 is 2.16 bits per heavy atom. The Kier molecular flexibility index (Phi) is 7.86. The van der Waals surface area contributed by atoms with E-state index >= 15 is 0 Å². The summed E-state index contributed by atoms with van der Waals surface area (Å²) in [4.78, 5) is 28.1. The zero-order chi connectivity index (χ0) is 23.3. The fourth-order valence-corrected chi connectivity index (χ4v) is 4.00. The van der Waals surface area contributed by atoms with Crippen LogP contribution >= 0.6 is 0 Å². The van der Waals surface area contributed by atoms with Crippen molar-refractivity contribution in [2.45, 2.75) is 53.9 Å². The maximum Gasteiger partial charge on any atom is 0.278 e. The first kappa shape index (κ1) is 23.7. The monoisotopic (exact) mass is 434 g/mol. The number of aryl methyl sites for hydroxylation is 4. The highest BCUT2D eigenvalue weighted by atomic mass is 16.5. The maximum absolute atomic E-state index is 13.4. The smallest absolute Gasteiger partial charge is 0.278 e. The van der Waals surface area contributed by atoms with E-state index in [4.69, 9.17) is 4.74 Å². The van der Waals surface area contributed by atoms with Gasteiger partial charge in [0.05, 0.1) is 5.57 Å². The van der Waals surface area contributed by atoms with E-state index in [2.05, 4.69) is 18.3 Å². The number of nitrogens with one attached hydrogen (secondary N) is 1. The first-order valence-electron chi connectivity index (χ1n) is 11.4. The molecule has 2 aromatic carbocycles. The molecule has 5 nitrogen and oxygen atoms in total. The zero-order valence-corrected chi connectivity index (χ0v) is 19.9. The van der Waals surface area contributed by atoms with E-state index in [0.29, 0.717) is 37.4 Å². The number of hydrogen-bond acceptors (Lipinski definition) is 4. The quantitative estimate of drug-likeness (QED) is 0.406. The Labute approximate surface area is 191 Å². The molecule has 0 saturated heterocycles. The van der Waals surface area contributed by atoms with Crippen molar-refractivity contribution in [3.05, 3.63) is 69.9 Å². The number of imide groups is 1. The zero-order valence-electron chi connectivity index (χ0n) is 19.9. The number of carbonyl (C=O) groups excluding carboxylic acids is 2. The van der Waals surface area contributed by atoms with Gasteiger partial charge in [0.2, 0.25) is 0 Å². The van der Waals surface area contributed by atoms with Crippen LogP contribution in [0.1, 0.15) is 54.0 Å². The molecule has 0 aliphatic carbocycles. The fraction of sp³-hybridized carbons (Fsp3) is 0.407. The number of unbranched alkanes of at least 4 members (excludes halogenated alkanes) is 1. The summed E-state index contributed by atoms with van der Waals surface area (Å²) in [6.07, 6.45) is 2.72. The predicted octanol–water partition coefficient (Wildman–Crippen LogP) is 5.32. The first-order chi connectivity index (χ1) is 15.3. The highest BCUT2D eigenvalue weighted by Gasteiger charge is 2.39. The molecule has 1 aliphatic heterocycles. The van der Waals surface area contributed by atoms with Gasteiger partial charge in [-0.3, -0.25) is 14.5 Å². The van der Waals surface area contributed by atoms with Gasteiger partial charge in [0.1, 0.15) is 5.70 Å². The van der Waals surface area contributed by atoms with Crippen LogP contribution in [-0.2, 0) is 14.3 Å². The lowest BCUT2D eigenvalue weighted by Crippen LogP contribution is -2.34. The molecule has 0 fully saturated rings. The molecule has 170 valence electrons. The van der Waals surface area contributed by atoms with Crippen LogP contribution in [0.15, 0.2) is 42.1 Å². The van der Waals surface area contributed by atoms with E-state index in [1.165, 1.54) is 4.90 Å². The van der Waals surface area contributed by atoms with Crippen molar-refractivity contribution in [2.24, 2.45) is 0 Å². The molecule has 0 atom stereocenters. The molecule has 3 rings (SSSR count).